The van der Waals surface area contributed by atoms with Crippen LogP contribution in [0.3, 0.4) is 0 Å². The molecule has 0 radical (unpaired) electrons. The molecule has 3 N–H and O–H groups in total. The number of rotatable bonds is 3. The van der Waals surface area contributed by atoms with E-state index in [0.717, 1.165) is 24.0 Å². The van der Waals surface area contributed by atoms with E-state index in [9.17, 15) is 0 Å². The van der Waals surface area contributed by atoms with Gasteiger partial charge in [0.05, 0.1) is 0 Å². The van der Waals surface area contributed by atoms with Gasteiger partial charge in [-0.3, -0.25) is 0 Å². The van der Waals surface area contributed by atoms with Crippen molar-refractivity contribution in [2.45, 2.75) is 19.8 Å². The molecule has 0 aliphatic rings. The van der Waals surface area contributed by atoms with Gasteiger partial charge in [-0.2, -0.15) is 0 Å². The third-order valence-electron chi connectivity index (χ3n) is 2.65. The van der Waals surface area contributed by atoms with Crippen molar-refractivity contribution in [1.29, 1.82) is 0 Å². The zero-order chi connectivity index (χ0) is 10.8. The van der Waals surface area contributed by atoms with Gasteiger partial charge in [-0.25, -0.2) is 0 Å². The summed E-state index contributed by atoms with van der Waals surface area (Å²) in [6, 6.07) is 6.21. The Morgan fingerprint density at radius 2 is 2.20 bits per heavy atom. The fraction of sp³-hybridized carbons (Fsp3) is 0.231. The quantitative estimate of drug-likeness (QED) is 0.580. The van der Waals surface area contributed by atoms with Crippen LogP contribution in [0.25, 0.3) is 10.9 Å². The summed E-state index contributed by atoms with van der Waals surface area (Å²) < 4.78 is 0. The van der Waals surface area contributed by atoms with E-state index >= 15 is 0 Å². The van der Waals surface area contributed by atoms with Gasteiger partial charge < -0.3 is 10.7 Å². The molecular weight excluding hydrogens is 184 g/mol. The van der Waals surface area contributed by atoms with Crippen molar-refractivity contribution < 1.29 is 0 Å². The first-order valence-electron chi connectivity index (χ1n) is 5.25. The van der Waals surface area contributed by atoms with Crippen molar-refractivity contribution in [3.05, 3.63) is 42.1 Å². The highest BCUT2D eigenvalue weighted by atomic mass is 14.7. The van der Waals surface area contributed by atoms with Gasteiger partial charge in [0.15, 0.2) is 0 Å². The van der Waals surface area contributed by atoms with Crippen molar-refractivity contribution in [2.24, 2.45) is 0 Å². The monoisotopic (exact) mass is 200 g/mol. The van der Waals surface area contributed by atoms with Crippen LogP contribution in [-0.2, 0) is 12.8 Å². The van der Waals surface area contributed by atoms with Crippen LogP contribution >= 0.6 is 0 Å². The molecule has 0 saturated carbocycles. The first-order valence-corrected chi connectivity index (χ1v) is 5.25. The van der Waals surface area contributed by atoms with Crippen molar-refractivity contribution >= 4 is 16.6 Å². The first-order chi connectivity index (χ1) is 7.24. The van der Waals surface area contributed by atoms with E-state index in [-0.39, 0.29) is 0 Å². The number of allylic oxidation sites excluding steroid dienone is 1. The smallest absolute Gasteiger partial charge is 0.0479 e. The fourth-order valence-corrected chi connectivity index (χ4v) is 1.91. The molecule has 2 nitrogen and oxygen atoms in total. The zero-order valence-corrected chi connectivity index (χ0v) is 9.01. The molecule has 1 aromatic heterocycles. The van der Waals surface area contributed by atoms with E-state index < -0.39 is 0 Å². The molecule has 0 aliphatic heterocycles. The number of nitrogen functional groups attached to an aromatic ring is 1. The Morgan fingerprint density at radius 3 is 2.87 bits per heavy atom. The number of H-pyrrole nitrogens is 1. The molecule has 0 spiro atoms. The molecule has 1 heterocycles. The second-order valence-corrected chi connectivity index (χ2v) is 3.78. The van der Waals surface area contributed by atoms with Gasteiger partial charge in [0.1, 0.15) is 0 Å². The zero-order valence-electron chi connectivity index (χ0n) is 9.01. The van der Waals surface area contributed by atoms with Crippen molar-refractivity contribution in [3.63, 3.8) is 0 Å². The number of benzene rings is 1. The van der Waals surface area contributed by atoms with Crippen LogP contribution in [0.2, 0.25) is 0 Å². The van der Waals surface area contributed by atoms with Gasteiger partial charge in [-0.05, 0) is 36.6 Å². The fourth-order valence-electron chi connectivity index (χ4n) is 1.91. The normalized spacial score (nSPS) is 10.7. The maximum absolute atomic E-state index is 5.85. The van der Waals surface area contributed by atoms with E-state index in [0.29, 0.717) is 0 Å². The number of hydrogen-bond donors (Lipinski definition) is 2. The number of aryl methyl sites for hydroxylation is 1. The highest BCUT2D eigenvalue weighted by molar-refractivity contribution is 5.87. The Kier molecular flexibility index (Phi) is 2.50. The molecule has 2 aromatic rings. The molecule has 78 valence electrons. The lowest BCUT2D eigenvalue weighted by atomic mass is 10.1. The summed E-state index contributed by atoms with van der Waals surface area (Å²) in [6.45, 7) is 5.91. The summed E-state index contributed by atoms with van der Waals surface area (Å²) in [5, 5.41) is 1.26. The summed E-state index contributed by atoms with van der Waals surface area (Å²) in [7, 11) is 0. The molecule has 0 amide bonds. The number of hydrogen-bond acceptors (Lipinski definition) is 1. The van der Waals surface area contributed by atoms with Crippen molar-refractivity contribution in [1.82, 2.24) is 4.98 Å². The summed E-state index contributed by atoms with van der Waals surface area (Å²) >= 11 is 0. The molecule has 0 unspecified atom stereocenters. The van der Waals surface area contributed by atoms with Crippen LogP contribution in [0.15, 0.2) is 30.9 Å². The molecule has 0 aliphatic carbocycles. The number of aromatic amines is 1. The summed E-state index contributed by atoms with van der Waals surface area (Å²) in [4.78, 5) is 3.37. The average Bonchev–Trinajstić information content (AvgIpc) is 2.61. The minimum absolute atomic E-state index is 0.809. The summed E-state index contributed by atoms with van der Waals surface area (Å²) in [6.07, 6.45) is 3.79. The lowest BCUT2D eigenvalue weighted by Gasteiger charge is -2.01. The van der Waals surface area contributed by atoms with E-state index in [2.05, 4.69) is 24.6 Å². The maximum atomic E-state index is 5.85. The minimum Gasteiger partial charge on any atom is -0.399 e. The number of fused-ring (bicyclic) bond motifs is 1. The van der Waals surface area contributed by atoms with E-state index in [4.69, 9.17) is 5.73 Å². The lowest BCUT2D eigenvalue weighted by molar-refractivity contribution is 1.07. The number of aromatic nitrogens is 1. The number of nitrogens with two attached hydrogens (primary N) is 1. The molecule has 2 rings (SSSR count). The SMILES string of the molecule is C=CCc1cc(N)cc2[nH]c(CC)cc12. The number of nitrogens with one attached hydrogen (secondary N) is 1. The minimum atomic E-state index is 0.809. The Hall–Kier alpha value is -1.70. The first kappa shape index (κ1) is 9.84. The van der Waals surface area contributed by atoms with Gasteiger partial charge in [0.25, 0.3) is 0 Å². The van der Waals surface area contributed by atoms with Crippen LogP contribution < -0.4 is 5.73 Å². The van der Waals surface area contributed by atoms with Crippen LogP contribution in [0.5, 0.6) is 0 Å². The standard InChI is InChI=1S/C13H16N2/c1-3-5-9-6-10(14)7-13-12(9)8-11(4-2)15-13/h3,6-8,15H,1,4-5,14H2,2H3. The molecular formula is C13H16N2. The highest BCUT2D eigenvalue weighted by Crippen LogP contribution is 2.24. The third kappa shape index (κ3) is 1.75. The Balaban J connectivity index is 2.66. The average molecular weight is 200 g/mol. The topological polar surface area (TPSA) is 41.8 Å². The third-order valence-corrected chi connectivity index (χ3v) is 2.65. The highest BCUT2D eigenvalue weighted by Gasteiger charge is 2.05. The predicted molar refractivity (Wildman–Crippen MR) is 66.0 cm³/mol. The molecule has 0 atom stereocenters. The van der Waals surface area contributed by atoms with Crippen LogP contribution in [0.1, 0.15) is 18.2 Å². The van der Waals surface area contributed by atoms with E-state index in [1.165, 1.54) is 16.6 Å². The molecule has 15 heavy (non-hydrogen) atoms. The van der Waals surface area contributed by atoms with Gasteiger partial charge in [0.2, 0.25) is 0 Å². The maximum Gasteiger partial charge on any atom is 0.0479 e. The second kappa shape index (κ2) is 3.81. The van der Waals surface area contributed by atoms with Crippen LogP contribution in [-0.4, -0.2) is 4.98 Å². The van der Waals surface area contributed by atoms with Gasteiger partial charge in [0, 0.05) is 22.3 Å². The Morgan fingerprint density at radius 1 is 1.40 bits per heavy atom. The molecule has 2 heteroatoms. The van der Waals surface area contributed by atoms with Crippen molar-refractivity contribution in [3.8, 4) is 0 Å². The van der Waals surface area contributed by atoms with Gasteiger partial charge in [-0.1, -0.05) is 13.0 Å². The molecule has 0 fully saturated rings. The van der Waals surface area contributed by atoms with Crippen LogP contribution in [0, 0.1) is 0 Å². The second-order valence-electron chi connectivity index (χ2n) is 3.78. The summed E-state index contributed by atoms with van der Waals surface area (Å²) in [5.74, 6) is 0. The number of anilines is 1. The van der Waals surface area contributed by atoms with E-state index in [1.807, 2.05) is 18.2 Å². The predicted octanol–water partition coefficient (Wildman–Crippen LogP) is 3.04. The van der Waals surface area contributed by atoms with Crippen molar-refractivity contribution in [2.75, 3.05) is 5.73 Å². The van der Waals surface area contributed by atoms with Crippen LogP contribution in [0.4, 0.5) is 5.69 Å². The molecule has 0 bridgehead atoms. The molecule has 1 aromatic carbocycles. The van der Waals surface area contributed by atoms with E-state index in [1.54, 1.807) is 0 Å². The Labute approximate surface area is 89.8 Å². The molecule has 0 saturated heterocycles. The Bertz CT molecular complexity index is 494. The van der Waals surface area contributed by atoms with Gasteiger partial charge in [-0.15, -0.1) is 6.58 Å². The lowest BCUT2D eigenvalue weighted by Crippen LogP contribution is -1.89. The summed E-state index contributed by atoms with van der Waals surface area (Å²) in [5.41, 5.74) is 10.3. The largest absolute Gasteiger partial charge is 0.399 e. The van der Waals surface area contributed by atoms with Gasteiger partial charge >= 0.3 is 0 Å².